The molecule has 0 aliphatic carbocycles. The van der Waals surface area contributed by atoms with Crippen LogP contribution in [0.4, 0.5) is 17.1 Å². The van der Waals surface area contributed by atoms with Crippen LogP contribution in [0.2, 0.25) is 0 Å². The fourth-order valence-electron chi connectivity index (χ4n) is 7.77. The molecule has 0 fully saturated rings. The van der Waals surface area contributed by atoms with Crippen molar-refractivity contribution in [1.29, 1.82) is 0 Å². The van der Waals surface area contributed by atoms with Crippen LogP contribution in [0.1, 0.15) is 0 Å². The van der Waals surface area contributed by atoms with Crippen LogP contribution in [-0.4, -0.2) is 0 Å². The van der Waals surface area contributed by atoms with Gasteiger partial charge in [0.25, 0.3) is 0 Å². The van der Waals surface area contributed by atoms with Gasteiger partial charge in [0.1, 0.15) is 11.2 Å². The number of fused-ring (bicyclic) bond motifs is 4. The largest absolute Gasteiger partial charge is 0.455 e. The molecule has 0 saturated heterocycles. The van der Waals surface area contributed by atoms with Crippen LogP contribution in [0, 0.1) is 0 Å². The molecular weight excluding hydrogens is 655 g/mol. The minimum Gasteiger partial charge on any atom is -0.455 e. The van der Waals surface area contributed by atoms with Crippen molar-refractivity contribution in [2.45, 2.75) is 0 Å². The van der Waals surface area contributed by atoms with E-state index in [1.165, 1.54) is 33.0 Å². The zero-order valence-corrected chi connectivity index (χ0v) is 29.6. The molecule has 0 atom stereocenters. The third-order valence-corrected chi connectivity index (χ3v) is 10.5. The molecule has 0 radical (unpaired) electrons. The molecule has 0 saturated carbocycles. The Hall–Kier alpha value is -7.16. The van der Waals surface area contributed by atoms with Crippen molar-refractivity contribution >= 4 is 49.8 Å². The Morgan fingerprint density at radius 1 is 0.315 bits per heavy atom. The first-order valence-corrected chi connectivity index (χ1v) is 18.4. The van der Waals surface area contributed by atoms with Crippen molar-refractivity contribution in [1.82, 2.24) is 0 Å². The molecule has 254 valence electrons. The molecular formula is C52H35NO. The number of rotatable bonds is 7. The summed E-state index contributed by atoms with van der Waals surface area (Å²) in [6, 6.07) is 75.9. The van der Waals surface area contributed by atoms with E-state index in [0.29, 0.717) is 0 Å². The molecule has 2 nitrogen and oxygen atoms in total. The lowest BCUT2D eigenvalue weighted by Gasteiger charge is -2.28. The highest BCUT2D eigenvalue weighted by atomic mass is 16.3. The molecule has 0 aliphatic rings. The van der Waals surface area contributed by atoms with Crippen molar-refractivity contribution in [3.63, 3.8) is 0 Å². The molecule has 9 aromatic carbocycles. The van der Waals surface area contributed by atoms with Crippen molar-refractivity contribution in [3.8, 4) is 44.5 Å². The molecule has 54 heavy (non-hydrogen) atoms. The maximum absolute atomic E-state index is 6.46. The molecule has 1 aromatic heterocycles. The Morgan fingerprint density at radius 2 is 0.852 bits per heavy atom. The Bertz CT molecular complexity index is 2920. The number of hydrogen-bond donors (Lipinski definition) is 0. The zero-order valence-electron chi connectivity index (χ0n) is 29.6. The molecule has 0 amide bonds. The van der Waals surface area contributed by atoms with Gasteiger partial charge in [0, 0.05) is 33.3 Å². The molecule has 0 unspecified atom stereocenters. The van der Waals surface area contributed by atoms with E-state index < -0.39 is 0 Å². The van der Waals surface area contributed by atoms with Crippen LogP contribution in [0.25, 0.3) is 77.2 Å². The van der Waals surface area contributed by atoms with Crippen molar-refractivity contribution < 1.29 is 4.42 Å². The second-order valence-electron chi connectivity index (χ2n) is 13.7. The van der Waals surface area contributed by atoms with Crippen LogP contribution in [0.5, 0.6) is 0 Å². The highest BCUT2D eigenvalue weighted by molar-refractivity contribution is 6.09. The van der Waals surface area contributed by atoms with Gasteiger partial charge in [-0.15, -0.1) is 0 Å². The lowest BCUT2D eigenvalue weighted by molar-refractivity contribution is 0.670. The summed E-state index contributed by atoms with van der Waals surface area (Å²) in [7, 11) is 0. The van der Waals surface area contributed by atoms with Crippen LogP contribution in [0.3, 0.4) is 0 Å². The summed E-state index contributed by atoms with van der Waals surface area (Å²) in [5.74, 6) is 0. The summed E-state index contributed by atoms with van der Waals surface area (Å²) in [6.45, 7) is 0. The van der Waals surface area contributed by atoms with Gasteiger partial charge in [0.2, 0.25) is 0 Å². The molecule has 0 aliphatic heterocycles. The van der Waals surface area contributed by atoms with E-state index in [9.17, 15) is 0 Å². The number of anilines is 3. The third kappa shape index (κ3) is 5.71. The summed E-state index contributed by atoms with van der Waals surface area (Å²) >= 11 is 0. The number of nitrogens with zero attached hydrogens (tertiary/aromatic N) is 1. The van der Waals surface area contributed by atoms with Crippen molar-refractivity contribution in [2.24, 2.45) is 0 Å². The average Bonchev–Trinajstić information content (AvgIpc) is 3.64. The Balaban J connectivity index is 1.09. The summed E-state index contributed by atoms with van der Waals surface area (Å²) in [5.41, 5.74) is 14.3. The predicted molar refractivity (Wildman–Crippen MR) is 228 cm³/mol. The van der Waals surface area contributed by atoms with Crippen molar-refractivity contribution in [2.75, 3.05) is 4.90 Å². The van der Waals surface area contributed by atoms with E-state index in [2.05, 4.69) is 205 Å². The van der Waals surface area contributed by atoms with Crippen molar-refractivity contribution in [3.05, 3.63) is 212 Å². The zero-order chi connectivity index (χ0) is 35.8. The first-order chi connectivity index (χ1) is 26.8. The maximum atomic E-state index is 6.46. The second-order valence-corrected chi connectivity index (χ2v) is 13.7. The minimum atomic E-state index is 0.905. The molecule has 1 heterocycles. The highest BCUT2D eigenvalue weighted by Gasteiger charge is 2.19. The van der Waals surface area contributed by atoms with Gasteiger partial charge < -0.3 is 9.32 Å². The van der Waals surface area contributed by atoms with Gasteiger partial charge in [-0.1, -0.05) is 164 Å². The van der Waals surface area contributed by atoms with Crippen LogP contribution >= 0.6 is 0 Å². The normalized spacial score (nSPS) is 11.3. The molecule has 10 rings (SSSR count). The Kier molecular flexibility index (Phi) is 7.85. The first-order valence-electron chi connectivity index (χ1n) is 18.4. The van der Waals surface area contributed by atoms with E-state index in [-0.39, 0.29) is 0 Å². The summed E-state index contributed by atoms with van der Waals surface area (Å²) in [5, 5.41) is 4.76. The van der Waals surface area contributed by atoms with Gasteiger partial charge in [-0.3, -0.25) is 0 Å². The summed E-state index contributed by atoms with van der Waals surface area (Å²) < 4.78 is 6.46. The molecule has 2 heteroatoms. The highest BCUT2D eigenvalue weighted by Crippen LogP contribution is 2.43. The lowest BCUT2D eigenvalue weighted by Crippen LogP contribution is -2.11. The predicted octanol–water partition coefficient (Wildman–Crippen LogP) is 14.9. The van der Waals surface area contributed by atoms with Gasteiger partial charge in [-0.25, -0.2) is 0 Å². The maximum Gasteiger partial charge on any atom is 0.143 e. The van der Waals surface area contributed by atoms with E-state index in [1.54, 1.807) is 0 Å². The number of hydrogen-bond acceptors (Lipinski definition) is 2. The summed E-state index contributed by atoms with van der Waals surface area (Å²) in [4.78, 5) is 2.38. The number of furan rings is 1. The topological polar surface area (TPSA) is 16.4 Å². The van der Waals surface area contributed by atoms with Crippen LogP contribution in [-0.2, 0) is 0 Å². The summed E-state index contributed by atoms with van der Waals surface area (Å²) in [6.07, 6.45) is 0. The standard InChI is InChI=1S/C52H35NO/c1-2-12-36(13-3-1)38-26-30-44(31-27-38)53(45-32-28-39(29-33-45)41-25-24-37-14-4-5-15-40(37)34-41)50-22-8-6-18-46(50)42-16-10-17-43(35-42)47-20-11-21-49-48-19-7-9-23-51(48)54-52(47)49/h1-35H. The average molecular weight is 690 g/mol. The Labute approximate surface area is 314 Å². The van der Waals surface area contributed by atoms with E-state index in [1.807, 2.05) is 12.1 Å². The van der Waals surface area contributed by atoms with Gasteiger partial charge >= 0.3 is 0 Å². The lowest BCUT2D eigenvalue weighted by atomic mass is 9.96. The molecule has 0 N–H and O–H groups in total. The third-order valence-electron chi connectivity index (χ3n) is 10.5. The SMILES string of the molecule is c1ccc(-c2ccc(N(c3ccc(-c4ccc5ccccc5c4)cc3)c3ccccc3-c3cccc(-c4cccc5c4oc4ccccc45)c3)cc2)cc1. The Morgan fingerprint density at radius 3 is 1.65 bits per heavy atom. The smallest absolute Gasteiger partial charge is 0.143 e. The van der Waals surface area contributed by atoms with Gasteiger partial charge in [-0.05, 0) is 92.7 Å². The van der Waals surface area contributed by atoms with E-state index in [4.69, 9.17) is 4.42 Å². The molecule has 0 spiro atoms. The monoisotopic (exact) mass is 689 g/mol. The van der Waals surface area contributed by atoms with Crippen LogP contribution in [0.15, 0.2) is 217 Å². The van der Waals surface area contributed by atoms with E-state index in [0.717, 1.165) is 61.3 Å². The molecule has 10 aromatic rings. The fourth-order valence-corrected chi connectivity index (χ4v) is 7.77. The first kappa shape index (κ1) is 31.6. The number of para-hydroxylation sites is 3. The van der Waals surface area contributed by atoms with Gasteiger partial charge in [-0.2, -0.15) is 0 Å². The fraction of sp³-hybridized carbons (Fsp3) is 0. The quantitative estimate of drug-likeness (QED) is 0.166. The molecule has 0 bridgehead atoms. The minimum absolute atomic E-state index is 0.905. The number of benzene rings is 9. The second kappa shape index (κ2) is 13.4. The van der Waals surface area contributed by atoms with E-state index >= 15 is 0 Å². The van der Waals surface area contributed by atoms with Gasteiger partial charge in [0.05, 0.1) is 5.69 Å². The van der Waals surface area contributed by atoms with Crippen LogP contribution < -0.4 is 4.90 Å². The van der Waals surface area contributed by atoms with Gasteiger partial charge in [0.15, 0.2) is 0 Å².